The van der Waals surface area contributed by atoms with Gasteiger partial charge in [0.1, 0.15) is 0 Å². The minimum Gasteiger partial charge on any atom is -0.399 e. The Morgan fingerprint density at radius 2 is 1.48 bits per heavy atom. The Kier molecular flexibility index (Phi) is 5.85. The fraction of sp³-hybridized carbons (Fsp3) is 0.0417. The minimum atomic E-state index is 0.689. The summed E-state index contributed by atoms with van der Waals surface area (Å²) in [6.45, 7) is 2.01. The van der Waals surface area contributed by atoms with Crippen molar-refractivity contribution in [3.63, 3.8) is 0 Å². The molecule has 134 valence electrons. The maximum atomic E-state index is 5.85. The van der Waals surface area contributed by atoms with Gasteiger partial charge >= 0.3 is 0 Å². The molecule has 0 saturated heterocycles. The van der Waals surface area contributed by atoms with E-state index in [1.165, 1.54) is 5.39 Å². The number of anilines is 2. The Bertz CT molecular complexity index is 1050. The van der Waals surface area contributed by atoms with Crippen molar-refractivity contribution in [2.45, 2.75) is 6.92 Å². The molecule has 27 heavy (non-hydrogen) atoms. The van der Waals surface area contributed by atoms with Crippen molar-refractivity contribution >= 4 is 34.4 Å². The number of aromatic nitrogens is 1. The molecule has 0 aliphatic rings. The van der Waals surface area contributed by atoms with Crippen LogP contribution in [0, 0.1) is 6.92 Å². The van der Waals surface area contributed by atoms with Gasteiger partial charge in [0.25, 0.3) is 0 Å². The van der Waals surface area contributed by atoms with Crippen molar-refractivity contribution < 1.29 is 0 Å². The summed E-state index contributed by atoms with van der Waals surface area (Å²) in [6.07, 6.45) is 4.02. The van der Waals surface area contributed by atoms with E-state index in [1.54, 1.807) is 6.07 Å². The molecule has 4 N–H and O–H groups in total. The van der Waals surface area contributed by atoms with E-state index in [0.717, 1.165) is 22.3 Å². The van der Waals surface area contributed by atoms with E-state index in [9.17, 15) is 0 Å². The van der Waals surface area contributed by atoms with Crippen molar-refractivity contribution in [1.29, 1.82) is 0 Å². The minimum absolute atomic E-state index is 0.689. The zero-order valence-electron chi connectivity index (χ0n) is 15.3. The van der Waals surface area contributed by atoms with E-state index in [4.69, 9.17) is 11.5 Å². The average molecular weight is 353 g/mol. The van der Waals surface area contributed by atoms with Crippen molar-refractivity contribution in [3.8, 4) is 0 Å². The Labute approximate surface area is 160 Å². The lowest BCUT2D eigenvalue weighted by Crippen LogP contribution is -1.92. The van der Waals surface area contributed by atoms with Crippen molar-refractivity contribution in [2.75, 3.05) is 11.5 Å². The maximum absolute atomic E-state index is 5.85. The molecule has 4 rings (SSSR count). The summed E-state index contributed by atoms with van der Waals surface area (Å²) in [4.78, 5) is 4.38. The lowest BCUT2D eigenvalue weighted by Gasteiger charge is -2.01. The van der Waals surface area contributed by atoms with Crippen LogP contribution in [-0.2, 0) is 0 Å². The standard InChI is InChI=1S/C14H14N2.C10H9N/c15-13-9-8-12(14(16)10-13)7-6-11-4-2-1-3-5-11;1-8-6-7-9-4-2-3-5-10(9)11-8/h1-10H,15-16H2;2-7H,1H3. The largest absolute Gasteiger partial charge is 0.399 e. The SMILES string of the molecule is Cc1ccc2ccccc2n1.Nc1ccc(C=Cc2ccccc2)c(N)c1. The molecule has 0 fully saturated rings. The van der Waals surface area contributed by atoms with Gasteiger partial charge in [-0.15, -0.1) is 0 Å². The Balaban J connectivity index is 0.000000166. The molecule has 1 aromatic heterocycles. The second-order valence-electron chi connectivity index (χ2n) is 6.28. The van der Waals surface area contributed by atoms with Crippen LogP contribution in [0.2, 0.25) is 0 Å². The number of nitrogen functional groups attached to an aromatic ring is 2. The molecule has 3 heteroatoms. The van der Waals surface area contributed by atoms with Crippen LogP contribution in [0.25, 0.3) is 23.1 Å². The number of aryl methyl sites for hydroxylation is 1. The number of rotatable bonds is 2. The summed E-state index contributed by atoms with van der Waals surface area (Å²) >= 11 is 0. The number of hydrogen-bond donors (Lipinski definition) is 2. The zero-order chi connectivity index (χ0) is 19.1. The van der Waals surface area contributed by atoms with Crippen LogP contribution in [0.5, 0.6) is 0 Å². The highest BCUT2D eigenvalue weighted by Gasteiger charge is 1.95. The molecule has 0 aliphatic heterocycles. The van der Waals surface area contributed by atoms with Crippen LogP contribution in [0.1, 0.15) is 16.8 Å². The van der Waals surface area contributed by atoms with Gasteiger partial charge in [-0.25, -0.2) is 0 Å². The fourth-order valence-electron chi connectivity index (χ4n) is 2.66. The van der Waals surface area contributed by atoms with Gasteiger partial charge < -0.3 is 11.5 Å². The van der Waals surface area contributed by atoms with Crippen molar-refractivity contribution in [1.82, 2.24) is 4.98 Å². The molecule has 3 nitrogen and oxygen atoms in total. The van der Waals surface area contributed by atoms with Crippen LogP contribution < -0.4 is 11.5 Å². The first-order chi connectivity index (χ1) is 13.1. The molecule has 0 atom stereocenters. The highest BCUT2D eigenvalue weighted by atomic mass is 14.7. The summed E-state index contributed by atoms with van der Waals surface area (Å²) < 4.78 is 0. The smallest absolute Gasteiger partial charge is 0.0705 e. The topological polar surface area (TPSA) is 64.9 Å². The number of para-hydroxylation sites is 1. The van der Waals surface area contributed by atoms with Gasteiger partial charge in [-0.3, -0.25) is 4.98 Å². The molecule has 0 aliphatic carbocycles. The van der Waals surface area contributed by atoms with Gasteiger partial charge in [0, 0.05) is 22.5 Å². The fourth-order valence-corrected chi connectivity index (χ4v) is 2.66. The first-order valence-corrected chi connectivity index (χ1v) is 8.82. The van der Waals surface area contributed by atoms with Crippen molar-refractivity contribution in [2.24, 2.45) is 0 Å². The first kappa shape index (κ1) is 18.2. The molecule has 0 spiro atoms. The number of nitrogens with zero attached hydrogens (tertiary/aromatic N) is 1. The molecule has 1 heterocycles. The number of pyridine rings is 1. The molecule has 3 aromatic carbocycles. The highest BCUT2D eigenvalue weighted by molar-refractivity contribution is 5.78. The molecule has 0 saturated carbocycles. The monoisotopic (exact) mass is 353 g/mol. The molecule has 0 bridgehead atoms. The van der Waals surface area contributed by atoms with Crippen LogP contribution in [0.3, 0.4) is 0 Å². The first-order valence-electron chi connectivity index (χ1n) is 8.82. The third-order valence-electron chi connectivity index (χ3n) is 4.10. The predicted octanol–water partition coefficient (Wildman–Crippen LogP) is 5.56. The number of hydrogen-bond acceptors (Lipinski definition) is 3. The predicted molar refractivity (Wildman–Crippen MR) is 117 cm³/mol. The summed E-state index contributed by atoms with van der Waals surface area (Å²) in [6, 6.07) is 27.9. The lowest BCUT2D eigenvalue weighted by atomic mass is 10.1. The van der Waals surface area contributed by atoms with Crippen LogP contribution >= 0.6 is 0 Å². The maximum Gasteiger partial charge on any atom is 0.0705 e. The van der Waals surface area contributed by atoms with E-state index in [1.807, 2.05) is 85.8 Å². The Morgan fingerprint density at radius 3 is 2.26 bits per heavy atom. The molecular formula is C24H23N3. The Hall–Kier alpha value is -3.59. The van der Waals surface area contributed by atoms with Gasteiger partial charge in [-0.2, -0.15) is 0 Å². The summed E-state index contributed by atoms with van der Waals surface area (Å²) in [5.74, 6) is 0. The average Bonchev–Trinajstić information content (AvgIpc) is 2.68. The van der Waals surface area contributed by atoms with E-state index < -0.39 is 0 Å². The number of benzene rings is 3. The van der Waals surface area contributed by atoms with Crippen LogP contribution in [0.15, 0.2) is 84.9 Å². The summed E-state index contributed by atoms with van der Waals surface area (Å²) in [5.41, 5.74) is 17.2. The molecule has 0 amide bonds. The van der Waals surface area contributed by atoms with E-state index >= 15 is 0 Å². The number of fused-ring (bicyclic) bond motifs is 1. The Morgan fingerprint density at radius 1 is 0.741 bits per heavy atom. The van der Waals surface area contributed by atoms with Crippen molar-refractivity contribution in [3.05, 3.63) is 102 Å². The zero-order valence-corrected chi connectivity index (χ0v) is 15.3. The van der Waals surface area contributed by atoms with Gasteiger partial charge in [0.05, 0.1) is 5.52 Å². The van der Waals surface area contributed by atoms with Gasteiger partial charge in [-0.1, -0.05) is 72.8 Å². The summed E-state index contributed by atoms with van der Waals surface area (Å²) in [7, 11) is 0. The second kappa shape index (κ2) is 8.68. The van der Waals surface area contributed by atoms with Gasteiger partial charge in [0.2, 0.25) is 0 Å². The van der Waals surface area contributed by atoms with Crippen LogP contribution in [0.4, 0.5) is 11.4 Å². The normalized spacial score (nSPS) is 10.6. The molecule has 0 radical (unpaired) electrons. The van der Waals surface area contributed by atoms with Crippen LogP contribution in [-0.4, -0.2) is 4.98 Å². The third-order valence-corrected chi connectivity index (χ3v) is 4.10. The van der Waals surface area contributed by atoms with E-state index in [2.05, 4.69) is 17.1 Å². The highest BCUT2D eigenvalue weighted by Crippen LogP contribution is 2.18. The van der Waals surface area contributed by atoms with E-state index in [0.29, 0.717) is 11.4 Å². The molecule has 0 unspecified atom stereocenters. The van der Waals surface area contributed by atoms with Gasteiger partial charge in [0.15, 0.2) is 0 Å². The second-order valence-corrected chi connectivity index (χ2v) is 6.28. The third kappa shape index (κ3) is 5.19. The quantitative estimate of drug-likeness (QED) is 0.366. The number of nitrogens with two attached hydrogens (primary N) is 2. The summed E-state index contributed by atoms with van der Waals surface area (Å²) in [5, 5.41) is 1.21. The van der Waals surface area contributed by atoms with E-state index in [-0.39, 0.29) is 0 Å². The lowest BCUT2D eigenvalue weighted by molar-refractivity contribution is 1.26. The van der Waals surface area contributed by atoms with Gasteiger partial charge in [-0.05, 0) is 42.3 Å². The molecular weight excluding hydrogens is 330 g/mol. The molecule has 4 aromatic rings.